The van der Waals surface area contributed by atoms with Gasteiger partial charge in [0.25, 0.3) is 5.91 Å². The van der Waals surface area contributed by atoms with E-state index in [1.807, 2.05) is 29.2 Å². The average Bonchev–Trinajstić information content (AvgIpc) is 3.35. The molecule has 0 bridgehead atoms. The molecule has 3 atom stereocenters. The van der Waals surface area contributed by atoms with Crippen LogP contribution in [0.2, 0.25) is 0 Å². The van der Waals surface area contributed by atoms with Crippen molar-refractivity contribution in [2.75, 3.05) is 13.7 Å². The molecule has 0 unspecified atom stereocenters. The second-order valence-electron chi connectivity index (χ2n) is 7.56. The summed E-state index contributed by atoms with van der Waals surface area (Å²) < 4.78 is 7.55. The molecule has 2 aliphatic rings. The predicted octanol–water partition coefficient (Wildman–Crippen LogP) is 1.56. The van der Waals surface area contributed by atoms with E-state index in [0.29, 0.717) is 24.2 Å². The second-order valence-corrected chi connectivity index (χ2v) is 7.56. The minimum absolute atomic E-state index is 0.0395. The lowest BCUT2D eigenvalue weighted by atomic mass is 9.78. The van der Waals surface area contributed by atoms with E-state index in [9.17, 15) is 9.59 Å². The number of carbonyl (C=O) groups excluding carboxylic acids is 2. The van der Waals surface area contributed by atoms with Crippen LogP contribution < -0.4 is 5.32 Å². The van der Waals surface area contributed by atoms with E-state index < -0.39 is 0 Å². The van der Waals surface area contributed by atoms with Crippen LogP contribution in [-0.4, -0.2) is 62.8 Å². The first kappa shape index (κ1) is 18.6. The lowest BCUT2D eigenvalue weighted by Crippen LogP contribution is -2.55. The molecule has 0 spiro atoms. The van der Waals surface area contributed by atoms with E-state index in [4.69, 9.17) is 4.74 Å². The number of hydrogen-bond donors (Lipinski definition) is 1. The molecule has 148 valence electrons. The van der Waals surface area contributed by atoms with Crippen molar-refractivity contribution < 1.29 is 14.3 Å². The Morgan fingerprint density at radius 2 is 2.11 bits per heavy atom. The maximum absolute atomic E-state index is 13.5. The monoisotopic (exact) mass is 383 g/mol. The van der Waals surface area contributed by atoms with Gasteiger partial charge in [-0.05, 0) is 37.8 Å². The summed E-state index contributed by atoms with van der Waals surface area (Å²) in [7, 11) is 1.73. The zero-order valence-corrected chi connectivity index (χ0v) is 16.2. The molecule has 4 rings (SSSR count). The maximum atomic E-state index is 13.5. The summed E-state index contributed by atoms with van der Waals surface area (Å²) in [6.07, 6.45) is 6.23. The van der Waals surface area contributed by atoms with Gasteiger partial charge in [0.05, 0.1) is 22.9 Å². The van der Waals surface area contributed by atoms with Gasteiger partial charge in [0.2, 0.25) is 5.91 Å². The molecule has 1 aliphatic carbocycles. The third kappa shape index (κ3) is 3.17. The van der Waals surface area contributed by atoms with Crippen LogP contribution in [0.1, 0.15) is 43.0 Å². The van der Waals surface area contributed by atoms with Gasteiger partial charge in [-0.15, -0.1) is 0 Å². The summed E-state index contributed by atoms with van der Waals surface area (Å²) in [4.78, 5) is 31.0. The largest absolute Gasteiger partial charge is 0.376 e. The summed E-state index contributed by atoms with van der Waals surface area (Å²) in [5.74, 6) is -0.0826. The topological polar surface area (TPSA) is 89.4 Å². The number of methoxy groups -OCH3 is 1. The first-order valence-electron chi connectivity index (χ1n) is 9.61. The van der Waals surface area contributed by atoms with Gasteiger partial charge in [0, 0.05) is 26.6 Å². The Bertz CT molecular complexity index is 868. The van der Waals surface area contributed by atoms with Crippen LogP contribution in [-0.2, 0) is 9.53 Å². The van der Waals surface area contributed by atoms with E-state index in [0.717, 1.165) is 19.3 Å². The number of carbonyl (C=O) groups is 2. The normalized spacial score (nSPS) is 26.7. The summed E-state index contributed by atoms with van der Waals surface area (Å²) in [6.45, 7) is 2.17. The number of likely N-dealkylation sites (tertiary alicyclic amines) is 1. The summed E-state index contributed by atoms with van der Waals surface area (Å²) >= 11 is 0. The minimum atomic E-state index is -0.340. The Labute approximate surface area is 163 Å². The van der Waals surface area contributed by atoms with Crippen molar-refractivity contribution in [3.63, 3.8) is 0 Å². The molecule has 28 heavy (non-hydrogen) atoms. The van der Waals surface area contributed by atoms with Crippen molar-refractivity contribution >= 4 is 11.8 Å². The molecule has 1 aromatic heterocycles. The Morgan fingerprint density at radius 1 is 1.29 bits per heavy atom. The third-order valence-electron chi connectivity index (χ3n) is 6.06. The van der Waals surface area contributed by atoms with Gasteiger partial charge in [0.1, 0.15) is 12.7 Å². The zero-order valence-electron chi connectivity index (χ0n) is 16.2. The minimum Gasteiger partial charge on any atom is -0.376 e. The number of benzene rings is 1. The van der Waals surface area contributed by atoms with Crippen LogP contribution in [0.15, 0.2) is 36.9 Å². The molecule has 1 N–H and O–H groups in total. The highest BCUT2D eigenvalue weighted by molar-refractivity contribution is 5.98. The number of nitrogens with one attached hydrogen (secondary N) is 1. The Balaban J connectivity index is 1.64. The highest BCUT2D eigenvalue weighted by atomic mass is 16.5. The quantitative estimate of drug-likeness (QED) is 0.865. The summed E-state index contributed by atoms with van der Waals surface area (Å²) in [5.41, 5.74) is 0.947. The van der Waals surface area contributed by atoms with E-state index >= 15 is 0 Å². The second kappa shape index (κ2) is 7.35. The van der Waals surface area contributed by atoms with Crippen LogP contribution in [0.5, 0.6) is 0 Å². The van der Waals surface area contributed by atoms with Crippen LogP contribution in [0, 0.1) is 0 Å². The van der Waals surface area contributed by atoms with Gasteiger partial charge in [-0.2, -0.15) is 5.10 Å². The van der Waals surface area contributed by atoms with E-state index in [2.05, 4.69) is 15.4 Å². The molecule has 2 heterocycles. The number of nitrogens with zero attached hydrogens (tertiary/aromatic N) is 4. The maximum Gasteiger partial charge on any atom is 0.256 e. The van der Waals surface area contributed by atoms with Crippen molar-refractivity contribution in [2.45, 2.75) is 50.3 Å². The fourth-order valence-electron chi connectivity index (χ4n) is 4.70. The van der Waals surface area contributed by atoms with Gasteiger partial charge in [0.15, 0.2) is 0 Å². The molecule has 0 radical (unpaired) electrons. The van der Waals surface area contributed by atoms with E-state index in [1.165, 1.54) is 13.3 Å². The molecular weight excluding hydrogens is 358 g/mol. The van der Waals surface area contributed by atoms with Gasteiger partial charge in [-0.25, -0.2) is 9.67 Å². The highest BCUT2D eigenvalue weighted by Gasteiger charge is 2.52. The van der Waals surface area contributed by atoms with Crippen LogP contribution >= 0.6 is 0 Å². The lowest BCUT2D eigenvalue weighted by Gasteiger charge is -2.43. The predicted molar refractivity (Wildman–Crippen MR) is 102 cm³/mol. The number of fused-ring (bicyclic) bond motifs is 1. The van der Waals surface area contributed by atoms with Crippen LogP contribution in [0.4, 0.5) is 0 Å². The molecule has 2 fully saturated rings. The van der Waals surface area contributed by atoms with Crippen molar-refractivity contribution in [1.82, 2.24) is 25.0 Å². The number of aromatic nitrogens is 3. The summed E-state index contributed by atoms with van der Waals surface area (Å²) in [6, 6.07) is 7.41. The molecule has 1 aliphatic heterocycles. The van der Waals surface area contributed by atoms with Crippen molar-refractivity contribution in [3.05, 3.63) is 42.5 Å². The van der Waals surface area contributed by atoms with Crippen LogP contribution in [0.25, 0.3) is 5.69 Å². The highest BCUT2D eigenvalue weighted by Crippen LogP contribution is 2.43. The van der Waals surface area contributed by atoms with E-state index in [-0.39, 0.29) is 29.5 Å². The van der Waals surface area contributed by atoms with Gasteiger partial charge in [-0.3, -0.25) is 9.59 Å². The average molecular weight is 383 g/mol. The Hall–Kier alpha value is -2.74. The first-order valence-corrected chi connectivity index (χ1v) is 9.61. The number of rotatable bonds is 4. The third-order valence-corrected chi connectivity index (χ3v) is 6.06. The fourth-order valence-corrected chi connectivity index (χ4v) is 4.70. The van der Waals surface area contributed by atoms with Crippen molar-refractivity contribution in [2.24, 2.45) is 0 Å². The van der Waals surface area contributed by atoms with E-state index in [1.54, 1.807) is 18.1 Å². The summed E-state index contributed by atoms with van der Waals surface area (Å²) in [5, 5.41) is 7.19. The molecule has 8 nitrogen and oxygen atoms in total. The molecule has 1 saturated carbocycles. The number of para-hydroxylation sites is 1. The van der Waals surface area contributed by atoms with Crippen LogP contribution in [0.3, 0.4) is 0 Å². The smallest absolute Gasteiger partial charge is 0.256 e. The molecular formula is C20H25N5O3. The first-order chi connectivity index (χ1) is 13.5. The Kier molecular flexibility index (Phi) is 4.89. The SMILES string of the molecule is CO[C@@]12CC[C@@H](NC(C)=O)C[C@@H]1N(C(=O)c1ccccc1-n1cncn1)CC2. The van der Waals surface area contributed by atoms with Gasteiger partial charge < -0.3 is 15.0 Å². The zero-order chi connectivity index (χ0) is 19.7. The molecule has 2 amide bonds. The number of amides is 2. The van der Waals surface area contributed by atoms with Crippen molar-refractivity contribution in [3.8, 4) is 5.69 Å². The van der Waals surface area contributed by atoms with Gasteiger partial charge >= 0.3 is 0 Å². The number of hydrogen-bond acceptors (Lipinski definition) is 5. The van der Waals surface area contributed by atoms with Gasteiger partial charge in [-0.1, -0.05) is 12.1 Å². The Morgan fingerprint density at radius 3 is 2.82 bits per heavy atom. The molecule has 8 heteroatoms. The molecule has 2 aromatic rings. The lowest BCUT2D eigenvalue weighted by molar-refractivity contribution is -0.121. The standard InChI is InChI=1S/C20H25N5O3/c1-14(26)23-15-7-8-20(28-2)9-10-24(18(20)11-15)19(27)16-5-3-4-6-17(16)25-13-21-12-22-25/h3-6,12-13,15,18H,7-11H2,1-2H3,(H,23,26)/t15-,18+,20-/m1/s1. The van der Waals surface area contributed by atoms with Crippen molar-refractivity contribution in [1.29, 1.82) is 0 Å². The fraction of sp³-hybridized carbons (Fsp3) is 0.500. The number of ether oxygens (including phenoxy) is 1. The molecule has 1 aromatic carbocycles. The molecule has 1 saturated heterocycles.